The lowest BCUT2D eigenvalue weighted by Gasteiger charge is -2.11. The quantitative estimate of drug-likeness (QED) is 0.404. The molecule has 0 saturated carbocycles. The number of thioether (sulfide) groups is 1. The van der Waals surface area contributed by atoms with Crippen LogP contribution in [0.2, 0.25) is 0 Å². The highest BCUT2D eigenvalue weighted by Gasteiger charge is 2.16. The molecule has 0 aliphatic rings. The summed E-state index contributed by atoms with van der Waals surface area (Å²) in [6, 6.07) is 8.66. The number of benzene rings is 1. The zero-order chi connectivity index (χ0) is 21.5. The maximum Gasteiger partial charge on any atom is 0.269 e. The fraction of sp³-hybridized carbons (Fsp3) is 0.263. The Kier molecular flexibility index (Phi) is 7.31. The van der Waals surface area contributed by atoms with Crippen LogP contribution in [0.4, 0.5) is 0 Å². The van der Waals surface area contributed by atoms with Gasteiger partial charge in [-0.15, -0.1) is 21.5 Å². The van der Waals surface area contributed by atoms with E-state index >= 15 is 0 Å². The van der Waals surface area contributed by atoms with Gasteiger partial charge in [0.25, 0.3) is 5.91 Å². The van der Waals surface area contributed by atoms with Crippen molar-refractivity contribution in [1.82, 2.24) is 25.6 Å². The second-order valence-electron chi connectivity index (χ2n) is 5.89. The molecule has 158 valence electrons. The third kappa shape index (κ3) is 4.92. The molecule has 0 atom stereocenters. The molecule has 0 radical (unpaired) electrons. The Morgan fingerprint density at radius 3 is 2.60 bits per heavy atom. The summed E-state index contributed by atoms with van der Waals surface area (Å²) in [5.74, 6) is 0.957. The summed E-state index contributed by atoms with van der Waals surface area (Å²) in [4.78, 5) is 25.5. The molecular formula is C19H21N5O4S2. The highest BCUT2D eigenvalue weighted by molar-refractivity contribution is 7.99. The summed E-state index contributed by atoms with van der Waals surface area (Å²) in [6.07, 6.45) is 0. The van der Waals surface area contributed by atoms with Gasteiger partial charge in [-0.05, 0) is 36.6 Å². The van der Waals surface area contributed by atoms with E-state index in [1.165, 1.54) is 32.0 Å². The fourth-order valence-corrected chi connectivity index (χ4v) is 4.13. The van der Waals surface area contributed by atoms with Crippen LogP contribution in [0.15, 0.2) is 40.9 Å². The van der Waals surface area contributed by atoms with Crippen molar-refractivity contribution in [1.29, 1.82) is 0 Å². The lowest BCUT2D eigenvalue weighted by atomic mass is 10.2. The zero-order valence-electron chi connectivity index (χ0n) is 16.7. The molecule has 2 N–H and O–H groups in total. The van der Waals surface area contributed by atoms with E-state index in [-0.39, 0.29) is 11.7 Å². The third-order valence-corrected chi connectivity index (χ3v) is 5.90. The third-order valence-electron chi connectivity index (χ3n) is 4.07. The van der Waals surface area contributed by atoms with Gasteiger partial charge in [0.15, 0.2) is 22.5 Å². The van der Waals surface area contributed by atoms with Crippen LogP contribution in [-0.2, 0) is 11.3 Å². The van der Waals surface area contributed by atoms with Crippen molar-refractivity contribution in [2.24, 2.45) is 0 Å². The van der Waals surface area contributed by atoms with Crippen molar-refractivity contribution < 1.29 is 19.1 Å². The van der Waals surface area contributed by atoms with Gasteiger partial charge in [0.1, 0.15) is 0 Å². The number of hydrogen-bond donors (Lipinski definition) is 2. The Morgan fingerprint density at radius 2 is 1.93 bits per heavy atom. The molecular weight excluding hydrogens is 426 g/mol. The van der Waals surface area contributed by atoms with Crippen LogP contribution in [0.25, 0.3) is 10.7 Å². The monoisotopic (exact) mass is 447 g/mol. The summed E-state index contributed by atoms with van der Waals surface area (Å²) in [5, 5.41) is 11.0. The standard InChI is InChI=1S/C19H21N5O4S2/c1-4-24-17(15-6-5-9-29-15)21-23-19(24)30-11-16(25)20-22-18(26)12-7-8-13(27-2)14(10-12)28-3/h5-10H,4,11H2,1-3H3,(H,20,25)(H,22,26). The lowest BCUT2D eigenvalue weighted by molar-refractivity contribution is -0.119. The van der Waals surface area contributed by atoms with Gasteiger partial charge >= 0.3 is 0 Å². The minimum atomic E-state index is -0.467. The summed E-state index contributed by atoms with van der Waals surface area (Å²) in [5.41, 5.74) is 5.12. The first-order chi connectivity index (χ1) is 14.6. The molecule has 2 amide bonds. The molecule has 0 unspecified atom stereocenters. The topological polar surface area (TPSA) is 107 Å². The van der Waals surface area contributed by atoms with Gasteiger partial charge in [0.2, 0.25) is 5.91 Å². The Balaban J connectivity index is 1.55. The van der Waals surface area contributed by atoms with E-state index in [4.69, 9.17) is 9.47 Å². The number of carbonyl (C=O) groups is 2. The number of carbonyl (C=O) groups excluding carboxylic acids is 2. The molecule has 11 heteroatoms. The van der Waals surface area contributed by atoms with Gasteiger partial charge < -0.3 is 14.0 Å². The molecule has 0 fully saturated rings. The molecule has 0 spiro atoms. The molecule has 2 aromatic heterocycles. The van der Waals surface area contributed by atoms with Crippen molar-refractivity contribution in [3.63, 3.8) is 0 Å². The molecule has 3 aromatic rings. The predicted octanol–water partition coefficient (Wildman–Crippen LogP) is 2.60. The lowest BCUT2D eigenvalue weighted by Crippen LogP contribution is -2.42. The van der Waals surface area contributed by atoms with Gasteiger partial charge in [-0.1, -0.05) is 17.8 Å². The first kappa shape index (κ1) is 21.7. The largest absolute Gasteiger partial charge is 0.493 e. The number of hydrazine groups is 1. The second kappa shape index (κ2) is 10.1. The number of nitrogens with zero attached hydrogens (tertiary/aromatic N) is 3. The molecule has 0 saturated heterocycles. The Hall–Kier alpha value is -3.05. The highest BCUT2D eigenvalue weighted by atomic mass is 32.2. The van der Waals surface area contributed by atoms with Crippen LogP contribution < -0.4 is 20.3 Å². The first-order valence-electron chi connectivity index (χ1n) is 8.98. The van der Waals surface area contributed by atoms with Gasteiger partial charge in [0.05, 0.1) is 24.8 Å². The molecule has 3 rings (SSSR count). The summed E-state index contributed by atoms with van der Waals surface area (Å²) < 4.78 is 12.3. The zero-order valence-corrected chi connectivity index (χ0v) is 18.3. The van der Waals surface area contributed by atoms with Crippen LogP contribution in [0.1, 0.15) is 17.3 Å². The molecule has 30 heavy (non-hydrogen) atoms. The molecule has 0 aliphatic carbocycles. The minimum Gasteiger partial charge on any atom is -0.493 e. The summed E-state index contributed by atoms with van der Waals surface area (Å²) >= 11 is 2.83. The second-order valence-corrected chi connectivity index (χ2v) is 7.78. The molecule has 9 nitrogen and oxygen atoms in total. The van der Waals surface area contributed by atoms with Gasteiger partial charge in [-0.2, -0.15) is 0 Å². The number of nitrogens with one attached hydrogen (secondary N) is 2. The van der Waals surface area contributed by atoms with E-state index in [2.05, 4.69) is 21.0 Å². The van der Waals surface area contributed by atoms with E-state index in [0.717, 1.165) is 10.7 Å². The maximum atomic E-state index is 12.3. The van der Waals surface area contributed by atoms with Gasteiger partial charge in [0, 0.05) is 12.1 Å². The smallest absolute Gasteiger partial charge is 0.269 e. The van der Waals surface area contributed by atoms with Crippen LogP contribution in [0.3, 0.4) is 0 Å². The van der Waals surface area contributed by atoms with Crippen molar-refractivity contribution in [2.75, 3.05) is 20.0 Å². The number of rotatable bonds is 8. The van der Waals surface area contributed by atoms with Crippen molar-refractivity contribution in [2.45, 2.75) is 18.6 Å². The minimum absolute atomic E-state index is 0.0782. The van der Waals surface area contributed by atoms with E-state index in [0.29, 0.717) is 28.8 Å². The van der Waals surface area contributed by atoms with Crippen molar-refractivity contribution >= 4 is 34.9 Å². The number of amides is 2. The van der Waals surface area contributed by atoms with Gasteiger partial charge in [-0.3, -0.25) is 20.4 Å². The molecule has 2 heterocycles. The van der Waals surface area contributed by atoms with E-state index in [1.807, 2.05) is 29.0 Å². The number of thiophene rings is 1. The fourth-order valence-electron chi connectivity index (χ4n) is 2.61. The van der Waals surface area contributed by atoms with Crippen LogP contribution >= 0.6 is 23.1 Å². The number of ether oxygens (including phenoxy) is 2. The molecule has 0 aliphatic heterocycles. The number of hydrogen-bond acceptors (Lipinski definition) is 8. The van der Waals surface area contributed by atoms with Crippen molar-refractivity contribution in [3.05, 3.63) is 41.3 Å². The highest BCUT2D eigenvalue weighted by Crippen LogP contribution is 2.28. The summed E-state index contributed by atoms with van der Waals surface area (Å²) in [7, 11) is 3.00. The van der Waals surface area contributed by atoms with Gasteiger partial charge in [-0.25, -0.2) is 0 Å². The van der Waals surface area contributed by atoms with Crippen LogP contribution in [-0.4, -0.2) is 46.6 Å². The van der Waals surface area contributed by atoms with Crippen LogP contribution in [0.5, 0.6) is 11.5 Å². The average Bonchev–Trinajstić information content (AvgIpc) is 3.44. The normalized spacial score (nSPS) is 10.5. The Labute approximate surface area is 181 Å². The average molecular weight is 448 g/mol. The van der Waals surface area contributed by atoms with E-state index in [1.54, 1.807) is 23.5 Å². The Morgan fingerprint density at radius 1 is 1.13 bits per heavy atom. The SMILES string of the molecule is CCn1c(SCC(=O)NNC(=O)c2ccc(OC)c(OC)c2)nnc1-c1cccs1. The number of methoxy groups -OCH3 is 2. The van der Waals surface area contributed by atoms with Crippen molar-refractivity contribution in [3.8, 4) is 22.2 Å². The first-order valence-corrected chi connectivity index (χ1v) is 10.8. The summed E-state index contributed by atoms with van der Waals surface area (Å²) in [6.45, 7) is 2.67. The van der Waals surface area contributed by atoms with E-state index < -0.39 is 5.91 Å². The predicted molar refractivity (Wildman–Crippen MR) is 115 cm³/mol. The Bertz CT molecular complexity index is 1020. The van der Waals surface area contributed by atoms with E-state index in [9.17, 15) is 9.59 Å². The number of aromatic nitrogens is 3. The maximum absolute atomic E-state index is 12.3. The molecule has 0 bridgehead atoms. The molecule has 1 aromatic carbocycles. The van der Waals surface area contributed by atoms with Crippen LogP contribution in [0, 0.1) is 0 Å².